The van der Waals surface area contributed by atoms with Gasteiger partial charge in [-0.2, -0.15) is 33.3 Å². The fraction of sp³-hybridized carbons (Fsp3) is 0.158. The van der Waals surface area contributed by atoms with Gasteiger partial charge in [0.15, 0.2) is 0 Å². The summed E-state index contributed by atoms with van der Waals surface area (Å²) in [7, 11) is -4.88. The molecular weight excluding hydrogens is 459 g/mol. The lowest BCUT2D eigenvalue weighted by atomic mass is 10.3. The molecule has 172 valence electrons. The number of amidine groups is 2. The predicted molar refractivity (Wildman–Crippen MR) is 129 cm³/mol. The molecule has 0 aliphatic carbocycles. The average Bonchev–Trinajstić information content (AvgIpc) is 2.66. The lowest BCUT2D eigenvalue weighted by molar-refractivity contribution is 0.322. The van der Waals surface area contributed by atoms with E-state index in [9.17, 15) is 12.8 Å². The van der Waals surface area contributed by atoms with Gasteiger partial charge in [-0.3, -0.25) is 4.55 Å². The van der Waals surface area contributed by atoms with Gasteiger partial charge in [0.1, 0.15) is 10.7 Å². The number of rotatable bonds is 6. The molecule has 1 atom stereocenters. The zero-order valence-corrected chi connectivity index (χ0v) is 18.7. The van der Waals surface area contributed by atoms with Crippen molar-refractivity contribution in [3.05, 3.63) is 42.5 Å². The summed E-state index contributed by atoms with van der Waals surface area (Å²) in [6.07, 6.45) is -1.28. The number of aliphatic imine (C=N–C) groups is 3. The molecule has 32 heavy (non-hydrogen) atoms. The van der Waals surface area contributed by atoms with Gasteiger partial charge in [0.05, 0.1) is 18.0 Å². The molecule has 0 aromatic heterocycles. The third-order valence-corrected chi connectivity index (χ3v) is 6.33. The SMILES string of the molecule is C=S(CCO)c1cccc(N/C(C)=N/C(=Nc2ccc(S(=O)(=O)O)c(N)c2)/N=C(\N)F)c1. The van der Waals surface area contributed by atoms with E-state index in [1.54, 1.807) is 13.0 Å². The quantitative estimate of drug-likeness (QED) is 0.105. The summed E-state index contributed by atoms with van der Waals surface area (Å²) >= 11 is 0. The maximum absolute atomic E-state index is 13.2. The molecule has 1 unspecified atom stereocenters. The second kappa shape index (κ2) is 10.9. The van der Waals surface area contributed by atoms with Crippen LogP contribution in [-0.2, 0) is 10.1 Å². The van der Waals surface area contributed by atoms with Crippen molar-refractivity contribution < 1.29 is 22.5 Å². The number of nitrogens with one attached hydrogen (secondary N) is 1. The van der Waals surface area contributed by atoms with Crippen molar-refractivity contribution in [1.82, 2.24) is 0 Å². The van der Waals surface area contributed by atoms with E-state index in [1.807, 2.05) is 18.2 Å². The Kier molecular flexibility index (Phi) is 8.60. The van der Waals surface area contributed by atoms with Gasteiger partial charge in [-0.05, 0) is 43.3 Å². The highest BCUT2D eigenvalue weighted by Gasteiger charge is 2.14. The van der Waals surface area contributed by atoms with Gasteiger partial charge >= 0.3 is 0 Å². The van der Waals surface area contributed by atoms with Crippen LogP contribution >= 0.6 is 10.5 Å². The van der Waals surface area contributed by atoms with E-state index in [4.69, 9.17) is 21.1 Å². The van der Waals surface area contributed by atoms with Crippen LogP contribution < -0.4 is 16.8 Å². The highest BCUT2D eigenvalue weighted by molar-refractivity contribution is 8.14. The molecule has 0 saturated heterocycles. The summed E-state index contributed by atoms with van der Waals surface area (Å²) in [5.74, 6) is 4.51. The zero-order chi connectivity index (χ0) is 23.9. The van der Waals surface area contributed by atoms with Gasteiger partial charge in [0.2, 0.25) is 0 Å². The maximum atomic E-state index is 13.2. The molecule has 2 aromatic carbocycles. The standard InChI is InChI=1S/C19H23FN6O4S2/c1-12(23-13-4-3-5-15(10-13)31(2)9-8-27)24-19(26-18(20)22)25-14-6-7-17(16(21)11-14)32(28,29)30/h3-7,10-11,27H,2,8-9,21H2,1H3,(H,28,29,30)(H3,22,23,24,25,26). The third-order valence-electron chi connectivity index (χ3n) is 3.81. The molecule has 0 saturated carbocycles. The third kappa shape index (κ3) is 7.53. The van der Waals surface area contributed by atoms with Crippen molar-refractivity contribution in [3.63, 3.8) is 0 Å². The summed E-state index contributed by atoms with van der Waals surface area (Å²) in [5, 5.41) is 12.1. The molecule has 0 aliphatic heterocycles. The number of hydrogen-bond donors (Lipinski definition) is 5. The molecule has 0 amide bonds. The van der Waals surface area contributed by atoms with Gasteiger partial charge in [-0.15, -0.1) is 0 Å². The Morgan fingerprint density at radius 2 is 1.97 bits per heavy atom. The first-order valence-corrected chi connectivity index (χ1v) is 12.0. The first-order chi connectivity index (χ1) is 15.0. The molecule has 0 radical (unpaired) electrons. The van der Waals surface area contributed by atoms with E-state index in [0.29, 0.717) is 17.3 Å². The number of aliphatic hydroxyl groups excluding tert-OH is 1. The van der Waals surface area contributed by atoms with Crippen molar-refractivity contribution in [3.8, 4) is 0 Å². The predicted octanol–water partition coefficient (Wildman–Crippen LogP) is 2.37. The molecule has 10 nitrogen and oxygen atoms in total. The minimum absolute atomic E-state index is 0.0307. The largest absolute Gasteiger partial charge is 0.398 e. The van der Waals surface area contributed by atoms with Crippen molar-refractivity contribution in [2.45, 2.75) is 16.7 Å². The molecule has 7 N–H and O–H groups in total. The molecule has 0 spiro atoms. The Labute approximate surface area is 187 Å². The Morgan fingerprint density at radius 3 is 2.56 bits per heavy atom. The lowest BCUT2D eigenvalue weighted by Crippen LogP contribution is -2.12. The second-order valence-corrected chi connectivity index (χ2v) is 9.57. The molecule has 2 aromatic rings. The number of guanidine groups is 1. The number of nitrogens with zero attached hydrogens (tertiary/aromatic N) is 3. The monoisotopic (exact) mass is 482 g/mol. The first kappa shape index (κ1) is 25.1. The van der Waals surface area contributed by atoms with E-state index in [2.05, 4.69) is 26.2 Å². The van der Waals surface area contributed by atoms with Crippen molar-refractivity contribution in [1.29, 1.82) is 0 Å². The van der Waals surface area contributed by atoms with Gasteiger partial charge in [-0.1, -0.05) is 11.9 Å². The van der Waals surface area contributed by atoms with Crippen LogP contribution in [0.15, 0.2) is 67.2 Å². The Hall–Kier alpha value is -3.13. The maximum Gasteiger partial charge on any atom is 0.296 e. The average molecular weight is 483 g/mol. The molecule has 0 aliphatic rings. The van der Waals surface area contributed by atoms with E-state index < -0.39 is 21.1 Å². The molecular formula is C19H23FN6O4S2. The highest BCUT2D eigenvalue weighted by atomic mass is 32.2. The number of anilines is 2. The Balaban J connectivity index is 2.34. The second-order valence-electron chi connectivity index (χ2n) is 6.31. The van der Waals surface area contributed by atoms with Crippen LogP contribution in [0.2, 0.25) is 0 Å². The summed E-state index contributed by atoms with van der Waals surface area (Å²) in [6, 6.07) is 10.8. The molecule has 0 fully saturated rings. The smallest absolute Gasteiger partial charge is 0.296 e. The molecule has 0 bridgehead atoms. The topological polar surface area (TPSA) is 176 Å². The summed E-state index contributed by atoms with van der Waals surface area (Å²) in [4.78, 5) is 12.0. The Bertz CT molecular complexity index is 1210. The summed E-state index contributed by atoms with van der Waals surface area (Å²) in [5.41, 5.74) is 11.2. The minimum atomic E-state index is -4.50. The van der Waals surface area contributed by atoms with Crippen LogP contribution in [0, 0.1) is 0 Å². The zero-order valence-electron chi connectivity index (χ0n) is 17.1. The van der Waals surface area contributed by atoms with Gasteiger partial charge in [0.25, 0.3) is 22.2 Å². The first-order valence-electron chi connectivity index (χ1n) is 8.99. The fourth-order valence-corrected chi connectivity index (χ4v) is 4.11. The number of benzene rings is 2. The Morgan fingerprint density at radius 1 is 1.25 bits per heavy atom. The van der Waals surface area contributed by atoms with Gasteiger partial charge in [-0.25, -0.2) is 4.99 Å². The van der Waals surface area contributed by atoms with Crippen LogP contribution in [0.4, 0.5) is 21.5 Å². The number of nitrogens with two attached hydrogens (primary N) is 2. The number of hydrogen-bond acceptors (Lipinski definition) is 5. The van der Waals surface area contributed by atoms with E-state index in [1.165, 1.54) is 6.07 Å². The fourth-order valence-electron chi connectivity index (χ4n) is 2.49. The minimum Gasteiger partial charge on any atom is -0.398 e. The van der Waals surface area contributed by atoms with Gasteiger partial charge in [0, 0.05) is 16.3 Å². The molecule has 2 rings (SSSR count). The normalized spacial score (nSPS) is 14.3. The van der Waals surface area contributed by atoms with Crippen molar-refractivity contribution in [2.75, 3.05) is 23.4 Å². The van der Waals surface area contributed by atoms with E-state index in [-0.39, 0.29) is 34.4 Å². The number of aliphatic hydroxyl groups is 1. The van der Waals surface area contributed by atoms with Crippen LogP contribution in [0.25, 0.3) is 0 Å². The van der Waals surface area contributed by atoms with Crippen LogP contribution in [0.1, 0.15) is 6.92 Å². The van der Waals surface area contributed by atoms with Crippen LogP contribution in [-0.4, -0.2) is 54.2 Å². The highest BCUT2D eigenvalue weighted by Crippen LogP contribution is 2.27. The van der Waals surface area contributed by atoms with E-state index >= 15 is 0 Å². The number of nitrogen functional groups attached to an aromatic ring is 1. The van der Waals surface area contributed by atoms with E-state index in [0.717, 1.165) is 17.0 Å². The lowest BCUT2D eigenvalue weighted by Gasteiger charge is -2.10. The summed E-state index contributed by atoms with van der Waals surface area (Å²) in [6.45, 7) is 1.63. The number of halogens is 1. The summed E-state index contributed by atoms with van der Waals surface area (Å²) < 4.78 is 44.9. The van der Waals surface area contributed by atoms with Gasteiger partial charge < -0.3 is 21.9 Å². The molecule has 13 heteroatoms. The van der Waals surface area contributed by atoms with Crippen LogP contribution in [0.5, 0.6) is 0 Å². The molecule has 0 heterocycles. The van der Waals surface area contributed by atoms with Crippen molar-refractivity contribution in [2.24, 2.45) is 20.7 Å². The van der Waals surface area contributed by atoms with Crippen molar-refractivity contribution >= 4 is 61.4 Å². The van der Waals surface area contributed by atoms with Crippen LogP contribution in [0.3, 0.4) is 0 Å².